The minimum atomic E-state index is -0.113. The molecule has 27 heavy (non-hydrogen) atoms. The van der Waals surface area contributed by atoms with Crippen molar-refractivity contribution in [2.45, 2.75) is 52.0 Å². The summed E-state index contributed by atoms with van der Waals surface area (Å²) in [6.45, 7) is 5.13. The number of hydrogen-bond acceptors (Lipinski definition) is 3. The number of nitrogens with one attached hydrogen (secondary N) is 4. The fourth-order valence-electron chi connectivity index (χ4n) is 3.78. The molecule has 1 heterocycles. The summed E-state index contributed by atoms with van der Waals surface area (Å²) in [6.07, 6.45) is 5.80. The number of benzene rings is 1. The van der Waals surface area contributed by atoms with Gasteiger partial charge in [0.05, 0.1) is 6.54 Å². The van der Waals surface area contributed by atoms with Gasteiger partial charge in [0.2, 0.25) is 0 Å². The highest BCUT2D eigenvalue weighted by Crippen LogP contribution is 2.20. The summed E-state index contributed by atoms with van der Waals surface area (Å²) >= 11 is 0. The lowest BCUT2D eigenvalue weighted by Gasteiger charge is -2.22. The maximum atomic E-state index is 12.0. The molecule has 142 valence electrons. The predicted octanol–water partition coefficient (Wildman–Crippen LogP) is 3.19. The molecular formula is C21H28N5O+. The number of anilines is 1. The van der Waals surface area contributed by atoms with E-state index >= 15 is 0 Å². The Kier molecular flexibility index (Phi) is 6.12. The lowest BCUT2D eigenvalue weighted by atomic mass is 9.96. The van der Waals surface area contributed by atoms with E-state index in [2.05, 4.69) is 53.0 Å². The van der Waals surface area contributed by atoms with E-state index in [1.54, 1.807) is 0 Å². The fraction of sp³-hybridized carbons (Fsp3) is 0.476. The molecule has 1 aliphatic rings. The smallest absolute Gasteiger partial charge is 0.315 e. The van der Waals surface area contributed by atoms with Crippen molar-refractivity contribution in [1.82, 2.24) is 10.6 Å². The zero-order chi connectivity index (χ0) is 19.2. The number of hydrogen-bond donors (Lipinski definition) is 3. The first kappa shape index (κ1) is 19.0. The van der Waals surface area contributed by atoms with E-state index in [4.69, 9.17) is 0 Å². The molecule has 0 unspecified atom stereocenters. The molecule has 6 nitrogen and oxygen atoms in total. The van der Waals surface area contributed by atoms with Crippen LogP contribution in [0.3, 0.4) is 0 Å². The van der Waals surface area contributed by atoms with Crippen molar-refractivity contribution in [2.24, 2.45) is 0 Å². The predicted molar refractivity (Wildman–Crippen MR) is 107 cm³/mol. The van der Waals surface area contributed by atoms with E-state index < -0.39 is 0 Å². The largest absolute Gasteiger partial charge is 0.335 e. The van der Waals surface area contributed by atoms with Crippen molar-refractivity contribution in [3.05, 3.63) is 34.9 Å². The number of rotatable bonds is 5. The molecule has 0 spiro atoms. The normalized spacial score (nSPS) is 14.6. The molecule has 6 heteroatoms. The molecule has 1 saturated carbocycles. The molecule has 1 aromatic heterocycles. The van der Waals surface area contributed by atoms with E-state index in [1.165, 1.54) is 24.8 Å². The monoisotopic (exact) mass is 366 g/mol. The van der Waals surface area contributed by atoms with Crippen LogP contribution in [0, 0.1) is 25.2 Å². The molecule has 0 bridgehead atoms. The summed E-state index contributed by atoms with van der Waals surface area (Å²) in [6, 6.07) is 8.51. The van der Waals surface area contributed by atoms with Crippen molar-refractivity contribution in [3.63, 3.8) is 0 Å². The zero-order valence-corrected chi connectivity index (χ0v) is 16.1. The second kappa shape index (κ2) is 8.72. The second-order valence-corrected chi connectivity index (χ2v) is 7.38. The van der Waals surface area contributed by atoms with Crippen LogP contribution in [-0.2, 0) is 0 Å². The van der Waals surface area contributed by atoms with E-state index in [0.29, 0.717) is 30.5 Å². The summed E-state index contributed by atoms with van der Waals surface area (Å²) < 4.78 is 0. The van der Waals surface area contributed by atoms with Crippen molar-refractivity contribution >= 4 is 22.8 Å². The highest BCUT2D eigenvalue weighted by Gasteiger charge is 2.16. The highest BCUT2D eigenvalue weighted by molar-refractivity contribution is 5.82. The van der Waals surface area contributed by atoms with E-state index in [1.807, 2.05) is 6.07 Å². The fourth-order valence-corrected chi connectivity index (χ4v) is 3.78. The van der Waals surface area contributed by atoms with Gasteiger partial charge >= 0.3 is 6.03 Å². The Bertz CT molecular complexity index is 865. The lowest BCUT2D eigenvalue weighted by Crippen LogP contribution is -2.44. The number of aromatic amines is 1. The van der Waals surface area contributed by atoms with Gasteiger partial charge in [-0.15, -0.1) is 0 Å². The van der Waals surface area contributed by atoms with Gasteiger partial charge in [-0.25, -0.2) is 9.78 Å². The molecule has 2 aromatic rings. The number of aromatic nitrogens is 1. The van der Waals surface area contributed by atoms with Crippen LogP contribution in [0.15, 0.2) is 18.2 Å². The summed E-state index contributed by atoms with van der Waals surface area (Å²) in [5.41, 5.74) is 3.90. The third kappa shape index (κ3) is 4.88. The first-order valence-electron chi connectivity index (χ1n) is 9.72. The van der Waals surface area contributed by atoms with E-state index in [0.717, 1.165) is 29.3 Å². The Morgan fingerprint density at radius 1 is 1.19 bits per heavy atom. The van der Waals surface area contributed by atoms with Gasteiger partial charge in [0.1, 0.15) is 23.7 Å². The first-order valence-corrected chi connectivity index (χ1v) is 9.72. The molecule has 1 aromatic carbocycles. The number of urea groups is 1. The highest BCUT2D eigenvalue weighted by atomic mass is 16.2. The van der Waals surface area contributed by atoms with Crippen molar-refractivity contribution in [1.29, 1.82) is 5.26 Å². The SMILES string of the molecule is Cc1cc(C)c2[nH+]c(NCCNC(=O)NC3CCCCC3)c(C#N)cc2c1. The van der Waals surface area contributed by atoms with Gasteiger partial charge in [0.15, 0.2) is 0 Å². The number of carbonyl (C=O) groups excluding carboxylic acids is 1. The Labute approximate surface area is 160 Å². The molecule has 1 fully saturated rings. The molecule has 2 amide bonds. The molecule has 0 saturated heterocycles. The van der Waals surface area contributed by atoms with Gasteiger partial charge in [0, 0.05) is 11.4 Å². The molecule has 0 radical (unpaired) electrons. The van der Waals surface area contributed by atoms with Crippen LogP contribution >= 0.6 is 0 Å². The summed E-state index contributed by atoms with van der Waals surface area (Å²) in [4.78, 5) is 15.3. The quantitative estimate of drug-likeness (QED) is 0.710. The Morgan fingerprint density at radius 3 is 2.70 bits per heavy atom. The van der Waals surface area contributed by atoms with Crippen LogP contribution in [-0.4, -0.2) is 25.2 Å². The minimum Gasteiger partial charge on any atom is -0.335 e. The minimum absolute atomic E-state index is 0.113. The molecule has 0 atom stereocenters. The number of H-pyrrole nitrogens is 1. The van der Waals surface area contributed by atoms with Crippen LogP contribution in [0.5, 0.6) is 0 Å². The average molecular weight is 366 g/mol. The third-order valence-corrected chi connectivity index (χ3v) is 5.10. The van der Waals surface area contributed by atoms with E-state index in [9.17, 15) is 10.1 Å². The van der Waals surface area contributed by atoms with Gasteiger partial charge in [-0.2, -0.15) is 5.26 Å². The number of pyridine rings is 1. The number of aryl methyl sites for hydroxylation is 2. The summed E-state index contributed by atoms with van der Waals surface area (Å²) in [5.74, 6) is 0.687. The number of fused-ring (bicyclic) bond motifs is 1. The van der Waals surface area contributed by atoms with Gasteiger partial charge < -0.3 is 10.6 Å². The van der Waals surface area contributed by atoms with Crippen LogP contribution in [0.2, 0.25) is 0 Å². The number of nitriles is 1. The standard InChI is InChI=1S/C21H27N5O/c1-14-10-15(2)19-16(11-14)12-17(13-22)20(26-19)23-8-9-24-21(27)25-18-6-4-3-5-7-18/h10-12,18H,3-9H2,1-2H3,(H,23,26)(H2,24,25,27)/p+1. The van der Waals surface area contributed by atoms with Gasteiger partial charge in [-0.05, 0) is 49.9 Å². The third-order valence-electron chi connectivity index (χ3n) is 5.10. The topological polar surface area (TPSA) is 91.1 Å². The van der Waals surface area contributed by atoms with Crippen LogP contribution in [0.4, 0.5) is 10.6 Å². The summed E-state index contributed by atoms with van der Waals surface area (Å²) in [7, 11) is 0. The van der Waals surface area contributed by atoms with Crippen LogP contribution in [0.1, 0.15) is 48.8 Å². The van der Waals surface area contributed by atoms with E-state index in [-0.39, 0.29) is 6.03 Å². The van der Waals surface area contributed by atoms with Crippen molar-refractivity contribution < 1.29 is 9.78 Å². The zero-order valence-electron chi connectivity index (χ0n) is 16.1. The number of amides is 2. The number of nitrogens with zero attached hydrogens (tertiary/aromatic N) is 1. The molecule has 1 aliphatic carbocycles. The Morgan fingerprint density at radius 2 is 1.96 bits per heavy atom. The Hall–Kier alpha value is -2.81. The maximum absolute atomic E-state index is 12.0. The second-order valence-electron chi connectivity index (χ2n) is 7.38. The van der Waals surface area contributed by atoms with Crippen LogP contribution in [0.25, 0.3) is 10.9 Å². The molecular weight excluding hydrogens is 338 g/mol. The maximum Gasteiger partial charge on any atom is 0.315 e. The molecule has 4 N–H and O–H groups in total. The van der Waals surface area contributed by atoms with Gasteiger partial charge in [-0.3, -0.25) is 5.32 Å². The Balaban J connectivity index is 1.56. The lowest BCUT2D eigenvalue weighted by molar-refractivity contribution is -0.328. The van der Waals surface area contributed by atoms with Gasteiger partial charge in [-0.1, -0.05) is 25.3 Å². The van der Waals surface area contributed by atoms with Gasteiger partial charge in [0.25, 0.3) is 5.82 Å². The first-order chi connectivity index (χ1) is 13.1. The van der Waals surface area contributed by atoms with Crippen LogP contribution < -0.4 is 20.9 Å². The number of carbonyl (C=O) groups is 1. The van der Waals surface area contributed by atoms with Crippen molar-refractivity contribution in [3.8, 4) is 6.07 Å². The molecule has 3 rings (SSSR count). The summed E-state index contributed by atoms with van der Waals surface area (Å²) in [5, 5.41) is 19.6. The van der Waals surface area contributed by atoms with Crippen molar-refractivity contribution in [2.75, 3.05) is 18.4 Å². The molecule has 0 aliphatic heterocycles. The average Bonchev–Trinajstić information content (AvgIpc) is 2.65.